The van der Waals surface area contributed by atoms with Gasteiger partial charge in [-0.15, -0.1) is 0 Å². The van der Waals surface area contributed by atoms with Crippen molar-refractivity contribution in [2.75, 3.05) is 0 Å². The first-order valence-corrected chi connectivity index (χ1v) is 13.1. The molecular formula is C31H27NO2S. The molecule has 0 atom stereocenters. The molecule has 4 heteroatoms. The molecule has 5 rings (SSSR count). The van der Waals surface area contributed by atoms with E-state index in [2.05, 4.69) is 32.0 Å². The van der Waals surface area contributed by atoms with Gasteiger partial charge in [0.25, 0.3) is 10.0 Å². The van der Waals surface area contributed by atoms with Gasteiger partial charge < -0.3 is 0 Å². The second kappa shape index (κ2) is 9.05. The van der Waals surface area contributed by atoms with Crippen molar-refractivity contribution in [2.45, 2.75) is 25.7 Å². The predicted molar refractivity (Wildman–Crippen MR) is 144 cm³/mol. The highest BCUT2D eigenvalue weighted by Crippen LogP contribution is 2.43. The molecule has 1 aromatic heterocycles. The Bertz CT molecular complexity index is 1580. The number of benzene rings is 4. The Kier molecular flexibility index (Phi) is 5.91. The summed E-state index contributed by atoms with van der Waals surface area (Å²) in [7, 11) is -3.86. The minimum absolute atomic E-state index is 0.266. The van der Waals surface area contributed by atoms with E-state index >= 15 is 0 Å². The van der Waals surface area contributed by atoms with E-state index < -0.39 is 10.0 Å². The van der Waals surface area contributed by atoms with E-state index in [1.165, 1.54) is 3.97 Å². The Morgan fingerprint density at radius 1 is 0.571 bits per heavy atom. The van der Waals surface area contributed by atoms with Crippen LogP contribution in [0.3, 0.4) is 0 Å². The average Bonchev–Trinajstić information content (AvgIpc) is 3.27. The molecule has 0 fully saturated rings. The third kappa shape index (κ3) is 4.33. The molecule has 0 bridgehead atoms. The first kappa shape index (κ1) is 22.9. The lowest BCUT2D eigenvalue weighted by Crippen LogP contribution is -2.13. The van der Waals surface area contributed by atoms with Crippen LogP contribution in [-0.2, 0) is 10.0 Å². The Morgan fingerprint density at radius 3 is 1.69 bits per heavy atom. The largest absolute Gasteiger partial charge is 0.268 e. The van der Waals surface area contributed by atoms with E-state index in [4.69, 9.17) is 0 Å². The third-order valence-corrected chi connectivity index (χ3v) is 7.87. The summed E-state index contributed by atoms with van der Waals surface area (Å²) in [5.41, 5.74) is 8.54. The summed E-state index contributed by atoms with van der Waals surface area (Å²) < 4.78 is 29.6. The van der Waals surface area contributed by atoms with Crippen LogP contribution in [0, 0.1) is 20.8 Å². The second-order valence-corrected chi connectivity index (χ2v) is 10.8. The monoisotopic (exact) mass is 477 g/mol. The Balaban J connectivity index is 1.91. The van der Waals surface area contributed by atoms with Gasteiger partial charge in [0.2, 0.25) is 0 Å². The van der Waals surface area contributed by atoms with Crippen molar-refractivity contribution < 1.29 is 8.42 Å². The molecule has 174 valence electrons. The zero-order valence-electron chi connectivity index (χ0n) is 20.1. The standard InChI is InChI=1S/C31H27NO2S/c1-22-14-16-28(17-15-22)35(33,34)32-21-29(27-19-23(2)18-24(3)20-27)30(25-10-6-4-7-11-25)31(32)26-12-8-5-9-13-26/h4-21H,1-3H3. The lowest BCUT2D eigenvalue weighted by Gasteiger charge is -2.14. The maximum Gasteiger partial charge on any atom is 0.268 e. The molecule has 4 aromatic carbocycles. The number of hydrogen-bond acceptors (Lipinski definition) is 2. The van der Waals surface area contributed by atoms with Crippen molar-refractivity contribution in [3.05, 3.63) is 126 Å². The summed E-state index contributed by atoms with van der Waals surface area (Å²) in [6.07, 6.45) is 1.79. The molecular weight excluding hydrogens is 450 g/mol. The number of hydrogen-bond donors (Lipinski definition) is 0. The minimum atomic E-state index is -3.86. The fraction of sp³-hybridized carbons (Fsp3) is 0.0968. The van der Waals surface area contributed by atoms with Crippen molar-refractivity contribution in [1.82, 2.24) is 3.97 Å². The van der Waals surface area contributed by atoms with Gasteiger partial charge in [0.1, 0.15) is 0 Å². The van der Waals surface area contributed by atoms with Gasteiger partial charge in [-0.2, -0.15) is 0 Å². The van der Waals surface area contributed by atoms with Crippen molar-refractivity contribution >= 4 is 10.0 Å². The Morgan fingerprint density at radius 2 is 1.11 bits per heavy atom. The van der Waals surface area contributed by atoms with Crippen LogP contribution >= 0.6 is 0 Å². The van der Waals surface area contributed by atoms with Crippen LogP contribution in [0.15, 0.2) is 114 Å². The normalized spacial score (nSPS) is 11.5. The highest BCUT2D eigenvalue weighted by atomic mass is 32.2. The Hall–Kier alpha value is -3.89. The Labute approximate surface area is 207 Å². The first-order valence-electron chi connectivity index (χ1n) is 11.6. The lowest BCUT2D eigenvalue weighted by atomic mass is 9.93. The number of rotatable bonds is 5. The van der Waals surface area contributed by atoms with Crippen molar-refractivity contribution in [3.63, 3.8) is 0 Å². The van der Waals surface area contributed by atoms with E-state index in [9.17, 15) is 8.42 Å². The van der Waals surface area contributed by atoms with Gasteiger partial charge in [-0.1, -0.05) is 108 Å². The summed E-state index contributed by atoms with van der Waals surface area (Å²) in [6, 6.07) is 33.2. The first-order chi connectivity index (χ1) is 16.8. The van der Waals surface area contributed by atoms with E-state index in [0.29, 0.717) is 5.69 Å². The van der Waals surface area contributed by atoms with Crippen molar-refractivity contribution in [3.8, 4) is 33.5 Å². The molecule has 0 aliphatic heterocycles. The van der Waals surface area contributed by atoms with Gasteiger partial charge in [0, 0.05) is 17.3 Å². The van der Waals surface area contributed by atoms with Gasteiger partial charge in [0.15, 0.2) is 0 Å². The predicted octanol–water partition coefficient (Wildman–Crippen LogP) is 7.65. The van der Waals surface area contributed by atoms with Gasteiger partial charge >= 0.3 is 0 Å². The molecule has 35 heavy (non-hydrogen) atoms. The molecule has 3 nitrogen and oxygen atoms in total. The van der Waals surface area contributed by atoms with Gasteiger partial charge in [-0.3, -0.25) is 0 Å². The zero-order valence-corrected chi connectivity index (χ0v) is 20.9. The van der Waals surface area contributed by atoms with E-state index in [1.54, 1.807) is 18.3 Å². The van der Waals surface area contributed by atoms with Gasteiger partial charge in [0.05, 0.1) is 10.6 Å². The van der Waals surface area contributed by atoms with Crippen LogP contribution in [-0.4, -0.2) is 12.4 Å². The van der Waals surface area contributed by atoms with Crippen LogP contribution in [0.2, 0.25) is 0 Å². The summed E-state index contributed by atoms with van der Waals surface area (Å²) in [5.74, 6) is 0. The summed E-state index contributed by atoms with van der Waals surface area (Å²) in [5, 5.41) is 0. The van der Waals surface area contributed by atoms with E-state index in [-0.39, 0.29) is 4.90 Å². The maximum atomic E-state index is 14.1. The summed E-state index contributed by atoms with van der Waals surface area (Å²) in [4.78, 5) is 0.266. The highest BCUT2D eigenvalue weighted by Gasteiger charge is 2.27. The van der Waals surface area contributed by atoms with Crippen LogP contribution < -0.4 is 0 Å². The molecule has 1 heterocycles. The van der Waals surface area contributed by atoms with Crippen LogP contribution in [0.25, 0.3) is 33.5 Å². The van der Waals surface area contributed by atoms with Crippen molar-refractivity contribution in [1.29, 1.82) is 0 Å². The molecule has 0 amide bonds. The number of nitrogens with zero attached hydrogens (tertiary/aromatic N) is 1. The molecule has 0 saturated carbocycles. The number of aryl methyl sites for hydroxylation is 3. The zero-order chi connectivity index (χ0) is 24.6. The molecule has 0 aliphatic rings. The van der Waals surface area contributed by atoms with Gasteiger partial charge in [-0.05, 0) is 49.6 Å². The second-order valence-electron chi connectivity index (χ2n) is 8.99. The molecule has 0 aliphatic carbocycles. The molecule has 0 spiro atoms. The quantitative estimate of drug-likeness (QED) is 0.261. The summed E-state index contributed by atoms with van der Waals surface area (Å²) >= 11 is 0. The molecule has 0 radical (unpaired) electrons. The molecule has 0 N–H and O–H groups in total. The lowest BCUT2D eigenvalue weighted by molar-refractivity contribution is 0.588. The van der Waals surface area contributed by atoms with Gasteiger partial charge in [-0.25, -0.2) is 12.4 Å². The van der Waals surface area contributed by atoms with Crippen LogP contribution in [0.5, 0.6) is 0 Å². The topological polar surface area (TPSA) is 39.1 Å². The van der Waals surface area contributed by atoms with Crippen LogP contribution in [0.1, 0.15) is 16.7 Å². The average molecular weight is 478 g/mol. The number of aromatic nitrogens is 1. The molecule has 0 saturated heterocycles. The van der Waals surface area contributed by atoms with Crippen molar-refractivity contribution in [2.24, 2.45) is 0 Å². The third-order valence-electron chi connectivity index (χ3n) is 6.19. The molecule has 5 aromatic rings. The summed E-state index contributed by atoms with van der Waals surface area (Å²) in [6.45, 7) is 6.08. The SMILES string of the molecule is Cc1ccc(S(=O)(=O)n2cc(-c3cc(C)cc(C)c3)c(-c3ccccc3)c2-c2ccccc2)cc1. The van der Waals surface area contributed by atoms with E-state index in [0.717, 1.165) is 44.5 Å². The fourth-order valence-corrected chi connectivity index (χ4v) is 6.00. The highest BCUT2D eigenvalue weighted by molar-refractivity contribution is 7.90. The minimum Gasteiger partial charge on any atom is -0.240 e. The molecule has 0 unspecified atom stereocenters. The van der Waals surface area contributed by atoms with Crippen LogP contribution in [0.4, 0.5) is 0 Å². The smallest absolute Gasteiger partial charge is 0.240 e. The van der Waals surface area contributed by atoms with E-state index in [1.807, 2.05) is 79.7 Å². The fourth-order valence-electron chi connectivity index (χ4n) is 4.61. The maximum absolute atomic E-state index is 14.1.